The van der Waals surface area contributed by atoms with Crippen LogP contribution >= 0.6 is 0 Å². The fourth-order valence-electron chi connectivity index (χ4n) is 3.79. The molecule has 0 aliphatic carbocycles. The standard InChI is InChI=1S/C24H38O5/c1-3-14-21(29-19(2)25)17-12-10-8-6-4-5-7-9-11-15-20-16-13-18-22(26)23(20)24(27)28/h13,16,18,21,26H,3-12,14-15,17H2,1-2H3,(H,27,28). The van der Waals surface area contributed by atoms with Crippen molar-refractivity contribution in [2.24, 2.45) is 0 Å². The monoisotopic (exact) mass is 406 g/mol. The van der Waals surface area contributed by atoms with E-state index in [9.17, 15) is 19.8 Å². The minimum atomic E-state index is -1.06. The fourth-order valence-corrected chi connectivity index (χ4v) is 3.79. The maximum Gasteiger partial charge on any atom is 0.339 e. The van der Waals surface area contributed by atoms with Gasteiger partial charge in [-0.25, -0.2) is 4.79 Å². The molecule has 0 aliphatic heterocycles. The SMILES string of the molecule is CCCC(CCCCCCCCCCCc1cccc(O)c1C(=O)O)OC(C)=O. The van der Waals surface area contributed by atoms with E-state index in [0.29, 0.717) is 12.0 Å². The Morgan fingerprint density at radius 3 is 2.07 bits per heavy atom. The summed E-state index contributed by atoms with van der Waals surface area (Å²) < 4.78 is 5.35. The van der Waals surface area contributed by atoms with Crippen LogP contribution in [-0.4, -0.2) is 28.3 Å². The molecule has 0 bridgehead atoms. The first-order valence-electron chi connectivity index (χ1n) is 11.2. The van der Waals surface area contributed by atoms with Gasteiger partial charge < -0.3 is 14.9 Å². The van der Waals surface area contributed by atoms with Crippen LogP contribution in [0.15, 0.2) is 18.2 Å². The number of carboxylic acids is 1. The van der Waals surface area contributed by atoms with Gasteiger partial charge in [0, 0.05) is 6.92 Å². The van der Waals surface area contributed by atoms with Gasteiger partial charge in [0.05, 0.1) is 0 Å². The topological polar surface area (TPSA) is 83.8 Å². The predicted octanol–water partition coefficient (Wildman–Crippen LogP) is 6.27. The lowest BCUT2D eigenvalue weighted by molar-refractivity contribution is -0.147. The summed E-state index contributed by atoms with van der Waals surface area (Å²) in [6.45, 7) is 3.60. The molecule has 0 saturated heterocycles. The number of aromatic carboxylic acids is 1. The molecule has 0 heterocycles. The molecule has 5 heteroatoms. The predicted molar refractivity (Wildman–Crippen MR) is 115 cm³/mol. The zero-order valence-electron chi connectivity index (χ0n) is 18.1. The Balaban J connectivity index is 2.05. The first-order chi connectivity index (χ1) is 14.0. The highest BCUT2D eigenvalue weighted by atomic mass is 16.5. The molecule has 0 amide bonds. The van der Waals surface area contributed by atoms with Crippen molar-refractivity contribution in [2.45, 2.75) is 103 Å². The summed E-state index contributed by atoms with van der Waals surface area (Å²) in [6, 6.07) is 4.91. The van der Waals surface area contributed by atoms with E-state index in [1.54, 1.807) is 12.1 Å². The third-order valence-electron chi connectivity index (χ3n) is 5.26. The fraction of sp³-hybridized carbons (Fsp3) is 0.667. The van der Waals surface area contributed by atoms with Crippen LogP contribution < -0.4 is 0 Å². The highest BCUT2D eigenvalue weighted by molar-refractivity contribution is 5.92. The van der Waals surface area contributed by atoms with Crippen LogP contribution in [0.2, 0.25) is 0 Å². The molecule has 5 nitrogen and oxygen atoms in total. The van der Waals surface area contributed by atoms with Crippen LogP contribution in [0, 0.1) is 0 Å². The van der Waals surface area contributed by atoms with Crippen molar-refractivity contribution in [1.82, 2.24) is 0 Å². The molecule has 164 valence electrons. The van der Waals surface area contributed by atoms with E-state index < -0.39 is 5.97 Å². The van der Waals surface area contributed by atoms with E-state index in [4.69, 9.17) is 4.74 Å². The van der Waals surface area contributed by atoms with E-state index >= 15 is 0 Å². The number of aryl methyl sites for hydroxylation is 1. The Hall–Kier alpha value is -2.04. The second kappa shape index (κ2) is 14.9. The van der Waals surface area contributed by atoms with Gasteiger partial charge >= 0.3 is 11.9 Å². The van der Waals surface area contributed by atoms with Crippen molar-refractivity contribution in [3.05, 3.63) is 29.3 Å². The van der Waals surface area contributed by atoms with Crippen LogP contribution in [-0.2, 0) is 16.0 Å². The molecule has 0 spiro atoms. The molecular weight excluding hydrogens is 368 g/mol. The van der Waals surface area contributed by atoms with Crippen molar-refractivity contribution in [3.63, 3.8) is 0 Å². The van der Waals surface area contributed by atoms with Gasteiger partial charge in [0.2, 0.25) is 0 Å². The van der Waals surface area contributed by atoms with Gasteiger partial charge in [-0.1, -0.05) is 70.4 Å². The number of benzene rings is 1. The minimum absolute atomic E-state index is 0.0439. The largest absolute Gasteiger partial charge is 0.507 e. The molecule has 1 unspecified atom stereocenters. The number of rotatable bonds is 16. The van der Waals surface area contributed by atoms with Gasteiger partial charge in [0.1, 0.15) is 17.4 Å². The highest BCUT2D eigenvalue weighted by Crippen LogP contribution is 2.23. The lowest BCUT2D eigenvalue weighted by Crippen LogP contribution is -2.15. The second-order valence-electron chi connectivity index (χ2n) is 7.86. The molecule has 1 aromatic rings. The third-order valence-corrected chi connectivity index (χ3v) is 5.26. The number of ether oxygens (including phenoxy) is 1. The molecular formula is C24H38O5. The summed E-state index contributed by atoms with van der Waals surface area (Å²) in [4.78, 5) is 22.4. The average Bonchev–Trinajstić information content (AvgIpc) is 2.65. The highest BCUT2D eigenvalue weighted by Gasteiger charge is 2.14. The van der Waals surface area contributed by atoms with Crippen LogP contribution in [0.25, 0.3) is 0 Å². The van der Waals surface area contributed by atoms with Gasteiger partial charge in [-0.2, -0.15) is 0 Å². The van der Waals surface area contributed by atoms with Crippen LogP contribution in [0.3, 0.4) is 0 Å². The molecule has 1 aromatic carbocycles. The zero-order chi connectivity index (χ0) is 21.5. The van der Waals surface area contributed by atoms with E-state index in [2.05, 4.69) is 6.92 Å². The van der Waals surface area contributed by atoms with Crippen LogP contribution in [0.5, 0.6) is 5.75 Å². The Morgan fingerprint density at radius 1 is 0.931 bits per heavy atom. The quantitative estimate of drug-likeness (QED) is 0.250. The summed E-state index contributed by atoms with van der Waals surface area (Å²) in [5, 5.41) is 18.9. The number of aromatic hydroxyl groups is 1. The number of esters is 1. The Bertz CT molecular complexity index is 611. The van der Waals surface area contributed by atoms with Crippen LogP contribution in [0.4, 0.5) is 0 Å². The molecule has 0 aromatic heterocycles. The Labute approximate surface area is 175 Å². The number of carboxylic acid groups (broad SMARTS) is 1. The molecule has 0 radical (unpaired) electrons. The van der Waals surface area contributed by atoms with Gasteiger partial charge in [-0.3, -0.25) is 4.79 Å². The summed E-state index contributed by atoms with van der Waals surface area (Å²) in [7, 11) is 0. The number of carbonyl (C=O) groups excluding carboxylic acids is 1. The normalized spacial score (nSPS) is 11.9. The number of hydrogen-bond acceptors (Lipinski definition) is 4. The molecule has 1 rings (SSSR count). The number of carbonyl (C=O) groups is 2. The smallest absolute Gasteiger partial charge is 0.339 e. The lowest BCUT2D eigenvalue weighted by Gasteiger charge is -2.15. The van der Waals surface area contributed by atoms with Crippen LogP contribution in [0.1, 0.15) is 107 Å². The molecule has 0 fully saturated rings. The first kappa shape index (κ1) is 25.0. The molecule has 29 heavy (non-hydrogen) atoms. The minimum Gasteiger partial charge on any atom is -0.507 e. The van der Waals surface area contributed by atoms with E-state index in [0.717, 1.165) is 44.9 Å². The van der Waals surface area contributed by atoms with Gasteiger partial charge in [-0.15, -0.1) is 0 Å². The zero-order valence-corrected chi connectivity index (χ0v) is 18.1. The van der Waals surface area contributed by atoms with Crippen molar-refractivity contribution < 1.29 is 24.5 Å². The number of phenols is 1. The van der Waals surface area contributed by atoms with Gasteiger partial charge in [0.15, 0.2) is 0 Å². The van der Waals surface area contributed by atoms with Crippen molar-refractivity contribution in [2.75, 3.05) is 0 Å². The lowest BCUT2D eigenvalue weighted by atomic mass is 9.99. The summed E-state index contributed by atoms with van der Waals surface area (Å²) in [5.74, 6) is -1.39. The maximum atomic E-state index is 11.3. The molecule has 0 aliphatic rings. The van der Waals surface area contributed by atoms with Gasteiger partial charge in [0.25, 0.3) is 0 Å². The van der Waals surface area contributed by atoms with Crippen molar-refractivity contribution >= 4 is 11.9 Å². The second-order valence-corrected chi connectivity index (χ2v) is 7.86. The maximum absolute atomic E-state index is 11.3. The summed E-state index contributed by atoms with van der Waals surface area (Å²) >= 11 is 0. The van der Waals surface area contributed by atoms with E-state index in [-0.39, 0.29) is 23.4 Å². The molecule has 2 N–H and O–H groups in total. The van der Waals surface area contributed by atoms with Crippen molar-refractivity contribution in [3.8, 4) is 5.75 Å². The summed E-state index contributed by atoms with van der Waals surface area (Å²) in [5.41, 5.74) is 0.759. The number of hydrogen-bond donors (Lipinski definition) is 2. The first-order valence-corrected chi connectivity index (χ1v) is 11.2. The summed E-state index contributed by atoms with van der Waals surface area (Å²) in [6.07, 6.45) is 14.1. The Kier molecular flexibility index (Phi) is 12.8. The van der Waals surface area contributed by atoms with Crippen molar-refractivity contribution in [1.29, 1.82) is 0 Å². The Morgan fingerprint density at radius 2 is 1.52 bits per heavy atom. The van der Waals surface area contributed by atoms with Gasteiger partial charge in [-0.05, 0) is 43.7 Å². The van der Waals surface area contributed by atoms with E-state index in [1.165, 1.54) is 45.1 Å². The van der Waals surface area contributed by atoms with E-state index in [1.807, 2.05) is 0 Å². The molecule has 0 saturated carbocycles. The molecule has 1 atom stereocenters. The third kappa shape index (κ3) is 10.9. The number of unbranched alkanes of at least 4 members (excludes halogenated alkanes) is 8. The average molecular weight is 407 g/mol.